The summed E-state index contributed by atoms with van der Waals surface area (Å²) in [6.45, 7) is 4.22. The first-order valence-corrected chi connectivity index (χ1v) is 7.33. The summed E-state index contributed by atoms with van der Waals surface area (Å²) in [5, 5.41) is 3.65. The Bertz CT molecular complexity index is 591. The molecule has 104 valence electrons. The lowest BCUT2D eigenvalue weighted by molar-refractivity contribution is 0.505. The van der Waals surface area contributed by atoms with Crippen molar-refractivity contribution in [1.82, 2.24) is 5.32 Å². The first-order chi connectivity index (χ1) is 9.74. The molecule has 0 radical (unpaired) electrons. The normalized spacial score (nSPS) is 17.6. The molecule has 2 aromatic rings. The van der Waals surface area contributed by atoms with Gasteiger partial charge in [0.05, 0.1) is 6.04 Å². The molecule has 1 aliphatic rings. The minimum Gasteiger partial charge on any atom is -0.373 e. The maximum absolute atomic E-state index is 3.65. The highest BCUT2D eigenvalue weighted by molar-refractivity contribution is 5.48. The third-order valence-electron chi connectivity index (χ3n) is 4.11. The first kappa shape index (κ1) is 13.2. The van der Waals surface area contributed by atoms with Gasteiger partial charge in [-0.15, -0.1) is 0 Å². The molecular formula is C18H22N2. The number of hydrogen-bond donors (Lipinski definition) is 1. The zero-order valence-electron chi connectivity index (χ0n) is 12.3. The second-order valence-electron chi connectivity index (χ2n) is 5.68. The van der Waals surface area contributed by atoms with E-state index in [0.717, 1.165) is 19.5 Å². The van der Waals surface area contributed by atoms with Crippen molar-refractivity contribution < 1.29 is 0 Å². The van der Waals surface area contributed by atoms with Crippen LogP contribution in [0.25, 0.3) is 0 Å². The van der Waals surface area contributed by atoms with Crippen LogP contribution < -0.4 is 10.2 Å². The van der Waals surface area contributed by atoms with Gasteiger partial charge in [-0.05, 0) is 48.7 Å². The SMILES string of the molecule is Cc1cccc(N(C)CC2NCCc3ccccc32)c1. The Morgan fingerprint density at radius 2 is 2.00 bits per heavy atom. The molecule has 0 saturated carbocycles. The van der Waals surface area contributed by atoms with Gasteiger partial charge < -0.3 is 10.2 Å². The summed E-state index contributed by atoms with van der Waals surface area (Å²) in [6.07, 6.45) is 1.14. The second kappa shape index (κ2) is 5.68. The standard InChI is InChI=1S/C18H22N2/c1-14-6-5-8-16(12-14)20(2)13-18-17-9-4-3-7-15(17)10-11-19-18/h3-9,12,18-19H,10-11,13H2,1-2H3. The predicted molar refractivity (Wildman–Crippen MR) is 85.3 cm³/mol. The highest BCUT2D eigenvalue weighted by Crippen LogP contribution is 2.25. The number of aryl methyl sites for hydroxylation is 1. The van der Waals surface area contributed by atoms with E-state index in [1.165, 1.54) is 22.4 Å². The molecule has 0 fully saturated rings. The molecule has 0 aromatic heterocycles. The fourth-order valence-electron chi connectivity index (χ4n) is 3.00. The summed E-state index contributed by atoms with van der Waals surface area (Å²) >= 11 is 0. The van der Waals surface area contributed by atoms with E-state index >= 15 is 0 Å². The average molecular weight is 266 g/mol. The molecule has 0 saturated heterocycles. The number of benzene rings is 2. The van der Waals surface area contributed by atoms with Gasteiger partial charge in [-0.2, -0.15) is 0 Å². The van der Waals surface area contributed by atoms with Crippen LogP contribution in [0.5, 0.6) is 0 Å². The predicted octanol–water partition coefficient (Wildman–Crippen LogP) is 3.32. The summed E-state index contributed by atoms with van der Waals surface area (Å²) in [6, 6.07) is 17.9. The second-order valence-corrected chi connectivity index (χ2v) is 5.68. The number of nitrogens with zero attached hydrogens (tertiary/aromatic N) is 1. The van der Waals surface area contributed by atoms with Gasteiger partial charge >= 0.3 is 0 Å². The van der Waals surface area contributed by atoms with Crippen LogP contribution in [-0.2, 0) is 6.42 Å². The van der Waals surface area contributed by atoms with E-state index < -0.39 is 0 Å². The van der Waals surface area contributed by atoms with E-state index in [9.17, 15) is 0 Å². The highest BCUT2D eigenvalue weighted by Gasteiger charge is 2.20. The number of likely N-dealkylation sites (N-methyl/N-ethyl adjacent to an activating group) is 1. The molecule has 1 heterocycles. The highest BCUT2D eigenvalue weighted by atomic mass is 15.1. The minimum atomic E-state index is 0.422. The van der Waals surface area contributed by atoms with Gasteiger partial charge in [-0.3, -0.25) is 0 Å². The van der Waals surface area contributed by atoms with Crippen LogP contribution >= 0.6 is 0 Å². The van der Waals surface area contributed by atoms with E-state index in [-0.39, 0.29) is 0 Å². The molecule has 1 atom stereocenters. The number of nitrogens with one attached hydrogen (secondary N) is 1. The molecule has 1 aliphatic heterocycles. The summed E-state index contributed by atoms with van der Waals surface area (Å²) < 4.78 is 0. The van der Waals surface area contributed by atoms with Gasteiger partial charge in [0.15, 0.2) is 0 Å². The third-order valence-corrected chi connectivity index (χ3v) is 4.11. The molecule has 2 aromatic carbocycles. The van der Waals surface area contributed by atoms with Crippen molar-refractivity contribution >= 4 is 5.69 Å². The summed E-state index contributed by atoms with van der Waals surface area (Å²) in [5.74, 6) is 0. The van der Waals surface area contributed by atoms with Crippen molar-refractivity contribution in [2.24, 2.45) is 0 Å². The molecule has 2 heteroatoms. The van der Waals surface area contributed by atoms with Crippen molar-refractivity contribution in [3.63, 3.8) is 0 Å². The maximum Gasteiger partial charge on any atom is 0.0500 e. The van der Waals surface area contributed by atoms with Crippen LogP contribution in [0.15, 0.2) is 48.5 Å². The molecule has 0 spiro atoms. The van der Waals surface area contributed by atoms with Crippen LogP contribution in [0.4, 0.5) is 5.69 Å². The van der Waals surface area contributed by atoms with Crippen LogP contribution in [0, 0.1) is 6.92 Å². The van der Waals surface area contributed by atoms with Crippen LogP contribution in [0.2, 0.25) is 0 Å². The number of anilines is 1. The lowest BCUT2D eigenvalue weighted by Gasteiger charge is -2.31. The minimum absolute atomic E-state index is 0.422. The maximum atomic E-state index is 3.65. The van der Waals surface area contributed by atoms with Gasteiger partial charge in [0.25, 0.3) is 0 Å². The van der Waals surface area contributed by atoms with E-state index in [4.69, 9.17) is 0 Å². The molecule has 0 amide bonds. The molecule has 3 rings (SSSR count). The van der Waals surface area contributed by atoms with E-state index in [1.54, 1.807) is 0 Å². The molecular weight excluding hydrogens is 244 g/mol. The number of hydrogen-bond acceptors (Lipinski definition) is 2. The summed E-state index contributed by atoms with van der Waals surface area (Å²) in [7, 11) is 2.17. The Morgan fingerprint density at radius 3 is 2.85 bits per heavy atom. The van der Waals surface area contributed by atoms with Crippen molar-refractivity contribution in [2.45, 2.75) is 19.4 Å². The van der Waals surface area contributed by atoms with Gasteiger partial charge in [0.2, 0.25) is 0 Å². The Balaban J connectivity index is 1.79. The van der Waals surface area contributed by atoms with Gasteiger partial charge in [0, 0.05) is 19.3 Å². The molecule has 1 N–H and O–H groups in total. The smallest absolute Gasteiger partial charge is 0.0500 e. The quantitative estimate of drug-likeness (QED) is 0.917. The van der Waals surface area contributed by atoms with Gasteiger partial charge in [0.1, 0.15) is 0 Å². The van der Waals surface area contributed by atoms with Crippen molar-refractivity contribution in [3.05, 3.63) is 65.2 Å². The fourth-order valence-corrected chi connectivity index (χ4v) is 3.00. The van der Waals surface area contributed by atoms with Gasteiger partial charge in [-0.1, -0.05) is 36.4 Å². The van der Waals surface area contributed by atoms with Crippen LogP contribution in [0.1, 0.15) is 22.7 Å². The Hall–Kier alpha value is -1.80. The van der Waals surface area contributed by atoms with Crippen molar-refractivity contribution in [3.8, 4) is 0 Å². The lowest BCUT2D eigenvalue weighted by Crippen LogP contribution is -2.37. The van der Waals surface area contributed by atoms with Crippen molar-refractivity contribution in [1.29, 1.82) is 0 Å². The zero-order valence-corrected chi connectivity index (χ0v) is 12.3. The number of rotatable bonds is 3. The molecule has 20 heavy (non-hydrogen) atoms. The van der Waals surface area contributed by atoms with Gasteiger partial charge in [-0.25, -0.2) is 0 Å². The summed E-state index contributed by atoms with van der Waals surface area (Å²) in [5.41, 5.74) is 5.55. The van der Waals surface area contributed by atoms with E-state index in [1.807, 2.05) is 0 Å². The van der Waals surface area contributed by atoms with Crippen LogP contribution in [0.3, 0.4) is 0 Å². The molecule has 1 unspecified atom stereocenters. The Labute approximate surface area is 121 Å². The molecule has 2 nitrogen and oxygen atoms in total. The third kappa shape index (κ3) is 2.70. The topological polar surface area (TPSA) is 15.3 Å². The zero-order chi connectivity index (χ0) is 13.9. The fraction of sp³-hybridized carbons (Fsp3) is 0.333. The van der Waals surface area contributed by atoms with Crippen molar-refractivity contribution in [2.75, 3.05) is 25.0 Å². The van der Waals surface area contributed by atoms with Crippen LogP contribution in [-0.4, -0.2) is 20.1 Å². The largest absolute Gasteiger partial charge is 0.373 e. The monoisotopic (exact) mass is 266 g/mol. The molecule has 0 aliphatic carbocycles. The van der Waals surface area contributed by atoms with E-state index in [0.29, 0.717) is 6.04 Å². The Morgan fingerprint density at radius 1 is 1.15 bits per heavy atom. The lowest BCUT2D eigenvalue weighted by atomic mass is 9.94. The van der Waals surface area contributed by atoms with E-state index in [2.05, 4.69) is 72.7 Å². The Kier molecular flexibility index (Phi) is 3.75. The number of fused-ring (bicyclic) bond motifs is 1. The summed E-state index contributed by atoms with van der Waals surface area (Å²) in [4.78, 5) is 2.34. The average Bonchev–Trinajstić information content (AvgIpc) is 2.47. The first-order valence-electron chi connectivity index (χ1n) is 7.33. The molecule has 0 bridgehead atoms.